The molecule has 16 heavy (non-hydrogen) atoms. The first-order valence-corrected chi connectivity index (χ1v) is 5.56. The molecule has 88 valence electrons. The Morgan fingerprint density at radius 1 is 1.25 bits per heavy atom. The summed E-state index contributed by atoms with van der Waals surface area (Å²) in [7, 11) is 0. The zero-order chi connectivity index (χ0) is 12.1. The Bertz CT molecular complexity index is 343. The predicted molar refractivity (Wildman–Crippen MR) is 65.7 cm³/mol. The Balaban J connectivity index is 2.61. The molecule has 3 nitrogen and oxygen atoms in total. The zero-order valence-corrected chi connectivity index (χ0v) is 10.0. The van der Waals surface area contributed by atoms with Crippen LogP contribution in [0.3, 0.4) is 0 Å². The monoisotopic (exact) mass is 221 g/mol. The first-order chi connectivity index (χ1) is 7.49. The van der Waals surface area contributed by atoms with Crippen molar-refractivity contribution in [3.05, 3.63) is 29.8 Å². The Kier molecular flexibility index (Phi) is 4.35. The number of hydrogen-bond donors (Lipinski definition) is 2. The standard InChI is InChI=1S/C13H19NO2/c1-9(2)10(3)14-12-6-4-11(5-7-12)8-13(15)16/h4-7,9-10,14H,8H2,1-3H3,(H,15,16). The second-order valence-electron chi connectivity index (χ2n) is 4.44. The Labute approximate surface area is 96.5 Å². The van der Waals surface area contributed by atoms with Crippen molar-refractivity contribution in [2.45, 2.75) is 33.2 Å². The van der Waals surface area contributed by atoms with Gasteiger partial charge in [-0.1, -0.05) is 26.0 Å². The van der Waals surface area contributed by atoms with E-state index in [0.717, 1.165) is 11.3 Å². The molecule has 0 aliphatic heterocycles. The molecular formula is C13H19NO2. The van der Waals surface area contributed by atoms with Gasteiger partial charge in [0.25, 0.3) is 0 Å². The third-order valence-electron chi connectivity index (χ3n) is 2.70. The summed E-state index contributed by atoms with van der Waals surface area (Å²) < 4.78 is 0. The van der Waals surface area contributed by atoms with E-state index < -0.39 is 5.97 Å². The first kappa shape index (κ1) is 12.6. The topological polar surface area (TPSA) is 49.3 Å². The van der Waals surface area contributed by atoms with E-state index in [-0.39, 0.29) is 6.42 Å². The van der Waals surface area contributed by atoms with Gasteiger partial charge >= 0.3 is 5.97 Å². The molecule has 0 saturated carbocycles. The van der Waals surface area contributed by atoms with Gasteiger partial charge in [0, 0.05) is 11.7 Å². The second-order valence-corrected chi connectivity index (χ2v) is 4.44. The van der Waals surface area contributed by atoms with Crippen molar-refractivity contribution in [2.75, 3.05) is 5.32 Å². The summed E-state index contributed by atoms with van der Waals surface area (Å²) >= 11 is 0. The number of aliphatic carboxylic acids is 1. The number of hydrogen-bond acceptors (Lipinski definition) is 2. The molecule has 0 aliphatic carbocycles. The first-order valence-electron chi connectivity index (χ1n) is 5.56. The molecule has 0 saturated heterocycles. The third kappa shape index (κ3) is 3.93. The summed E-state index contributed by atoms with van der Waals surface area (Å²) in [6.07, 6.45) is 0.0833. The summed E-state index contributed by atoms with van der Waals surface area (Å²) in [4.78, 5) is 10.5. The molecule has 1 rings (SSSR count). The van der Waals surface area contributed by atoms with Crippen LogP contribution in [0.5, 0.6) is 0 Å². The van der Waals surface area contributed by atoms with Gasteiger partial charge in [0.2, 0.25) is 0 Å². The highest BCUT2D eigenvalue weighted by molar-refractivity contribution is 5.70. The minimum atomic E-state index is -0.795. The van der Waals surface area contributed by atoms with Crippen molar-refractivity contribution >= 4 is 11.7 Å². The fourth-order valence-corrected chi connectivity index (χ4v) is 1.32. The van der Waals surface area contributed by atoms with Gasteiger partial charge in [-0.15, -0.1) is 0 Å². The number of benzene rings is 1. The third-order valence-corrected chi connectivity index (χ3v) is 2.70. The van der Waals surface area contributed by atoms with Gasteiger partial charge in [-0.05, 0) is 30.5 Å². The highest BCUT2D eigenvalue weighted by Crippen LogP contribution is 2.14. The molecule has 1 aromatic carbocycles. The van der Waals surface area contributed by atoms with E-state index in [4.69, 9.17) is 5.11 Å². The fourth-order valence-electron chi connectivity index (χ4n) is 1.32. The Morgan fingerprint density at radius 3 is 2.25 bits per heavy atom. The van der Waals surface area contributed by atoms with Gasteiger partial charge in [-0.2, -0.15) is 0 Å². The van der Waals surface area contributed by atoms with Crippen molar-refractivity contribution in [3.8, 4) is 0 Å². The summed E-state index contributed by atoms with van der Waals surface area (Å²) in [5.41, 5.74) is 1.87. The zero-order valence-electron chi connectivity index (χ0n) is 10.0. The van der Waals surface area contributed by atoms with Crippen LogP contribution in [0, 0.1) is 5.92 Å². The summed E-state index contributed by atoms with van der Waals surface area (Å²) in [5, 5.41) is 12.0. The normalized spacial score (nSPS) is 12.5. The lowest BCUT2D eigenvalue weighted by atomic mass is 10.1. The summed E-state index contributed by atoms with van der Waals surface area (Å²) in [6.45, 7) is 6.46. The van der Waals surface area contributed by atoms with Crippen LogP contribution in [0.15, 0.2) is 24.3 Å². The van der Waals surface area contributed by atoms with E-state index in [2.05, 4.69) is 26.1 Å². The summed E-state index contributed by atoms with van der Waals surface area (Å²) in [5.74, 6) is -0.227. The van der Waals surface area contributed by atoms with Gasteiger partial charge in [-0.25, -0.2) is 0 Å². The molecular weight excluding hydrogens is 202 g/mol. The highest BCUT2D eigenvalue weighted by Gasteiger charge is 2.06. The van der Waals surface area contributed by atoms with Crippen LogP contribution in [0.2, 0.25) is 0 Å². The quantitative estimate of drug-likeness (QED) is 0.803. The number of carboxylic acids is 1. The van der Waals surface area contributed by atoms with Crippen molar-refractivity contribution in [1.29, 1.82) is 0 Å². The average molecular weight is 221 g/mol. The molecule has 1 aromatic rings. The number of rotatable bonds is 5. The average Bonchev–Trinajstić information content (AvgIpc) is 2.20. The van der Waals surface area contributed by atoms with Gasteiger partial charge in [0.1, 0.15) is 0 Å². The Morgan fingerprint density at radius 2 is 1.81 bits per heavy atom. The molecule has 0 bridgehead atoms. The summed E-state index contributed by atoms with van der Waals surface area (Å²) in [6, 6.07) is 7.96. The van der Waals surface area contributed by atoms with Crippen molar-refractivity contribution < 1.29 is 9.90 Å². The number of anilines is 1. The molecule has 0 aromatic heterocycles. The lowest BCUT2D eigenvalue weighted by Gasteiger charge is -2.18. The van der Waals surface area contributed by atoms with E-state index >= 15 is 0 Å². The number of nitrogens with one attached hydrogen (secondary N) is 1. The predicted octanol–water partition coefficient (Wildman–Crippen LogP) is 2.77. The minimum Gasteiger partial charge on any atom is -0.481 e. The lowest BCUT2D eigenvalue weighted by molar-refractivity contribution is -0.136. The maximum absolute atomic E-state index is 10.5. The van der Waals surface area contributed by atoms with E-state index in [1.807, 2.05) is 24.3 Å². The van der Waals surface area contributed by atoms with Gasteiger partial charge in [-0.3, -0.25) is 4.79 Å². The molecule has 0 heterocycles. The molecule has 1 atom stereocenters. The molecule has 0 amide bonds. The van der Waals surface area contributed by atoms with Crippen molar-refractivity contribution in [2.24, 2.45) is 5.92 Å². The molecule has 2 N–H and O–H groups in total. The molecule has 3 heteroatoms. The largest absolute Gasteiger partial charge is 0.481 e. The minimum absolute atomic E-state index is 0.0833. The van der Waals surface area contributed by atoms with E-state index in [9.17, 15) is 4.79 Å². The van der Waals surface area contributed by atoms with Crippen LogP contribution in [0.4, 0.5) is 5.69 Å². The van der Waals surface area contributed by atoms with E-state index in [0.29, 0.717) is 12.0 Å². The van der Waals surface area contributed by atoms with Crippen LogP contribution in [-0.2, 0) is 11.2 Å². The molecule has 0 spiro atoms. The maximum atomic E-state index is 10.5. The van der Waals surface area contributed by atoms with Crippen LogP contribution >= 0.6 is 0 Å². The Hall–Kier alpha value is -1.51. The van der Waals surface area contributed by atoms with Gasteiger partial charge < -0.3 is 10.4 Å². The maximum Gasteiger partial charge on any atom is 0.307 e. The smallest absolute Gasteiger partial charge is 0.307 e. The number of carbonyl (C=O) groups is 1. The van der Waals surface area contributed by atoms with Crippen LogP contribution < -0.4 is 5.32 Å². The second kappa shape index (κ2) is 5.54. The molecule has 0 radical (unpaired) electrons. The van der Waals surface area contributed by atoms with Crippen molar-refractivity contribution in [3.63, 3.8) is 0 Å². The SMILES string of the molecule is CC(C)C(C)Nc1ccc(CC(=O)O)cc1. The molecule has 1 unspecified atom stereocenters. The van der Waals surface area contributed by atoms with Gasteiger partial charge in [0.05, 0.1) is 6.42 Å². The van der Waals surface area contributed by atoms with E-state index in [1.165, 1.54) is 0 Å². The fraction of sp³-hybridized carbons (Fsp3) is 0.462. The van der Waals surface area contributed by atoms with E-state index in [1.54, 1.807) is 0 Å². The molecule has 0 fully saturated rings. The van der Waals surface area contributed by atoms with Crippen LogP contribution in [0.1, 0.15) is 26.3 Å². The lowest BCUT2D eigenvalue weighted by Crippen LogP contribution is -2.21. The number of carboxylic acid groups (broad SMARTS) is 1. The molecule has 0 aliphatic rings. The highest BCUT2D eigenvalue weighted by atomic mass is 16.4. The van der Waals surface area contributed by atoms with Gasteiger partial charge in [0.15, 0.2) is 0 Å². The van der Waals surface area contributed by atoms with Crippen LogP contribution in [-0.4, -0.2) is 17.1 Å². The van der Waals surface area contributed by atoms with Crippen molar-refractivity contribution in [1.82, 2.24) is 0 Å². The van der Waals surface area contributed by atoms with Crippen LogP contribution in [0.25, 0.3) is 0 Å².